The summed E-state index contributed by atoms with van der Waals surface area (Å²) in [7, 11) is 3.02. The third-order valence-electron chi connectivity index (χ3n) is 3.96. The summed E-state index contributed by atoms with van der Waals surface area (Å²) in [6, 6.07) is 8.86. The van der Waals surface area contributed by atoms with Crippen molar-refractivity contribution in [1.29, 1.82) is 0 Å². The van der Waals surface area contributed by atoms with Gasteiger partial charge in [-0.05, 0) is 44.0 Å². The first-order valence-electron chi connectivity index (χ1n) is 8.23. The second kappa shape index (κ2) is 8.38. The van der Waals surface area contributed by atoms with Crippen LogP contribution in [-0.4, -0.2) is 32.6 Å². The number of hydrogen-bond donors (Lipinski definition) is 2. The number of amides is 2. The lowest BCUT2D eigenvalue weighted by Gasteiger charge is -2.13. The van der Waals surface area contributed by atoms with Crippen LogP contribution in [0, 0.1) is 20.8 Å². The van der Waals surface area contributed by atoms with E-state index >= 15 is 0 Å². The summed E-state index contributed by atoms with van der Waals surface area (Å²) >= 11 is 0. The van der Waals surface area contributed by atoms with E-state index in [9.17, 15) is 9.59 Å². The zero-order valence-corrected chi connectivity index (χ0v) is 15.7. The molecule has 0 fully saturated rings. The standard InChI is InChI=1S/C20H24N2O4/c1-12-6-13(2)19(14(3)7-12)22-18(23)11-21-20(24)15-8-16(25-4)10-17(9-15)26-5/h6-10H,11H2,1-5H3,(H,21,24)(H,22,23). The van der Waals surface area contributed by atoms with Crippen molar-refractivity contribution in [3.05, 3.63) is 52.6 Å². The monoisotopic (exact) mass is 356 g/mol. The molecule has 26 heavy (non-hydrogen) atoms. The Balaban J connectivity index is 2.02. The topological polar surface area (TPSA) is 76.7 Å². The predicted octanol–water partition coefficient (Wildman–Crippen LogP) is 3.00. The largest absolute Gasteiger partial charge is 0.497 e. The van der Waals surface area contributed by atoms with Gasteiger partial charge in [0.1, 0.15) is 11.5 Å². The Kier molecular flexibility index (Phi) is 6.22. The minimum atomic E-state index is -0.380. The number of carbonyl (C=O) groups is 2. The van der Waals surface area contributed by atoms with Gasteiger partial charge in [0.2, 0.25) is 5.91 Å². The van der Waals surface area contributed by atoms with Crippen LogP contribution in [0.4, 0.5) is 5.69 Å². The number of nitrogens with one attached hydrogen (secondary N) is 2. The fourth-order valence-corrected chi connectivity index (χ4v) is 2.76. The first-order chi connectivity index (χ1) is 12.3. The Morgan fingerprint density at radius 3 is 1.92 bits per heavy atom. The van der Waals surface area contributed by atoms with E-state index in [2.05, 4.69) is 10.6 Å². The molecule has 2 rings (SSSR count). The highest BCUT2D eigenvalue weighted by molar-refractivity contribution is 6.00. The van der Waals surface area contributed by atoms with Crippen LogP contribution in [-0.2, 0) is 4.79 Å². The number of rotatable bonds is 6. The second-order valence-electron chi connectivity index (χ2n) is 6.11. The summed E-state index contributed by atoms with van der Waals surface area (Å²) in [5.41, 5.74) is 4.24. The van der Waals surface area contributed by atoms with E-state index in [4.69, 9.17) is 9.47 Å². The number of carbonyl (C=O) groups excluding carboxylic acids is 2. The van der Waals surface area contributed by atoms with Crippen LogP contribution in [0.1, 0.15) is 27.0 Å². The maximum atomic E-state index is 12.3. The molecule has 0 atom stereocenters. The Morgan fingerprint density at radius 2 is 1.42 bits per heavy atom. The van der Waals surface area contributed by atoms with E-state index < -0.39 is 0 Å². The summed E-state index contributed by atoms with van der Waals surface area (Å²) in [6.07, 6.45) is 0. The molecule has 0 unspecified atom stereocenters. The van der Waals surface area contributed by atoms with Crippen molar-refractivity contribution in [2.75, 3.05) is 26.1 Å². The summed E-state index contributed by atoms with van der Waals surface area (Å²) in [4.78, 5) is 24.5. The SMILES string of the molecule is COc1cc(OC)cc(C(=O)NCC(=O)Nc2c(C)cc(C)cc2C)c1. The minimum Gasteiger partial charge on any atom is -0.497 e. The molecule has 2 N–H and O–H groups in total. The van der Waals surface area contributed by atoms with Gasteiger partial charge in [-0.2, -0.15) is 0 Å². The zero-order chi connectivity index (χ0) is 19.3. The fraction of sp³-hybridized carbons (Fsp3) is 0.300. The van der Waals surface area contributed by atoms with Crippen molar-refractivity contribution in [2.45, 2.75) is 20.8 Å². The summed E-state index contributed by atoms with van der Waals surface area (Å²) in [5, 5.41) is 5.46. The number of hydrogen-bond acceptors (Lipinski definition) is 4. The highest BCUT2D eigenvalue weighted by Gasteiger charge is 2.13. The van der Waals surface area contributed by atoms with Gasteiger partial charge in [0.15, 0.2) is 0 Å². The van der Waals surface area contributed by atoms with Gasteiger partial charge in [0.05, 0.1) is 20.8 Å². The van der Waals surface area contributed by atoms with Crippen molar-refractivity contribution in [3.63, 3.8) is 0 Å². The number of anilines is 1. The minimum absolute atomic E-state index is 0.134. The molecule has 0 aromatic heterocycles. The predicted molar refractivity (Wildman–Crippen MR) is 101 cm³/mol. The lowest BCUT2D eigenvalue weighted by atomic mass is 10.1. The summed E-state index contributed by atoms with van der Waals surface area (Å²) < 4.78 is 10.3. The molecule has 6 heteroatoms. The van der Waals surface area contributed by atoms with Gasteiger partial charge in [-0.1, -0.05) is 17.7 Å². The van der Waals surface area contributed by atoms with E-state index in [1.807, 2.05) is 32.9 Å². The van der Waals surface area contributed by atoms with Crippen LogP contribution in [0.2, 0.25) is 0 Å². The van der Waals surface area contributed by atoms with Crippen LogP contribution >= 0.6 is 0 Å². The Hall–Kier alpha value is -3.02. The molecule has 2 aromatic carbocycles. The molecular weight excluding hydrogens is 332 g/mol. The highest BCUT2D eigenvalue weighted by Crippen LogP contribution is 2.23. The van der Waals surface area contributed by atoms with Gasteiger partial charge in [-0.3, -0.25) is 9.59 Å². The fourth-order valence-electron chi connectivity index (χ4n) is 2.76. The smallest absolute Gasteiger partial charge is 0.251 e. The van der Waals surface area contributed by atoms with Crippen LogP contribution < -0.4 is 20.1 Å². The number of benzene rings is 2. The molecule has 0 heterocycles. The Morgan fingerprint density at radius 1 is 0.885 bits per heavy atom. The van der Waals surface area contributed by atoms with Gasteiger partial charge in [0.25, 0.3) is 5.91 Å². The van der Waals surface area contributed by atoms with Crippen LogP contribution in [0.25, 0.3) is 0 Å². The van der Waals surface area contributed by atoms with E-state index in [1.165, 1.54) is 14.2 Å². The number of ether oxygens (including phenoxy) is 2. The lowest BCUT2D eigenvalue weighted by molar-refractivity contribution is -0.115. The first-order valence-corrected chi connectivity index (χ1v) is 8.23. The quantitative estimate of drug-likeness (QED) is 0.834. The first kappa shape index (κ1) is 19.3. The normalized spacial score (nSPS) is 10.2. The van der Waals surface area contributed by atoms with E-state index in [-0.39, 0.29) is 18.4 Å². The number of methoxy groups -OCH3 is 2. The van der Waals surface area contributed by atoms with Gasteiger partial charge in [-0.25, -0.2) is 0 Å². The van der Waals surface area contributed by atoms with Gasteiger partial charge < -0.3 is 20.1 Å². The molecule has 2 amide bonds. The van der Waals surface area contributed by atoms with Crippen molar-refractivity contribution in [3.8, 4) is 11.5 Å². The van der Waals surface area contributed by atoms with E-state index in [0.717, 1.165) is 22.4 Å². The molecule has 0 saturated heterocycles. The average Bonchev–Trinajstić information content (AvgIpc) is 2.62. The van der Waals surface area contributed by atoms with Crippen molar-refractivity contribution in [1.82, 2.24) is 5.32 Å². The molecule has 0 bridgehead atoms. The molecule has 0 aliphatic carbocycles. The molecule has 2 aromatic rings. The van der Waals surface area contributed by atoms with Crippen LogP contribution in [0.15, 0.2) is 30.3 Å². The molecule has 0 aliphatic rings. The molecule has 138 valence electrons. The van der Waals surface area contributed by atoms with Crippen LogP contribution in [0.5, 0.6) is 11.5 Å². The average molecular weight is 356 g/mol. The van der Waals surface area contributed by atoms with Gasteiger partial charge in [0, 0.05) is 17.3 Å². The maximum absolute atomic E-state index is 12.3. The summed E-state index contributed by atoms with van der Waals surface area (Å²) in [5.74, 6) is 0.340. The molecule has 0 saturated carbocycles. The second-order valence-corrected chi connectivity index (χ2v) is 6.11. The Labute approximate surface area is 153 Å². The molecule has 0 aliphatic heterocycles. The molecule has 6 nitrogen and oxygen atoms in total. The summed E-state index contributed by atoms with van der Waals surface area (Å²) in [6.45, 7) is 5.76. The Bertz CT molecular complexity index is 785. The molecular formula is C20H24N2O4. The number of aryl methyl sites for hydroxylation is 3. The lowest BCUT2D eigenvalue weighted by Crippen LogP contribution is -2.33. The van der Waals surface area contributed by atoms with Crippen molar-refractivity contribution < 1.29 is 19.1 Å². The zero-order valence-electron chi connectivity index (χ0n) is 15.7. The third-order valence-corrected chi connectivity index (χ3v) is 3.96. The van der Waals surface area contributed by atoms with Crippen molar-refractivity contribution in [2.24, 2.45) is 0 Å². The van der Waals surface area contributed by atoms with Gasteiger partial charge in [-0.15, -0.1) is 0 Å². The third kappa shape index (κ3) is 4.75. The van der Waals surface area contributed by atoms with E-state index in [1.54, 1.807) is 18.2 Å². The maximum Gasteiger partial charge on any atom is 0.251 e. The van der Waals surface area contributed by atoms with Gasteiger partial charge >= 0.3 is 0 Å². The molecule has 0 spiro atoms. The van der Waals surface area contributed by atoms with E-state index in [0.29, 0.717) is 17.1 Å². The molecule has 0 radical (unpaired) electrons. The van der Waals surface area contributed by atoms with Crippen molar-refractivity contribution >= 4 is 17.5 Å². The highest BCUT2D eigenvalue weighted by atomic mass is 16.5. The van der Waals surface area contributed by atoms with Crippen LogP contribution in [0.3, 0.4) is 0 Å².